The first-order valence-electron chi connectivity index (χ1n) is 4.88. The normalized spacial score (nSPS) is 10.7. The Hall–Kier alpha value is -2.42. The first-order valence-corrected chi connectivity index (χ1v) is 6.53. The zero-order valence-electron chi connectivity index (χ0n) is 9.49. The van der Waals surface area contributed by atoms with Gasteiger partial charge in [-0.1, -0.05) is 6.07 Å². The van der Waals surface area contributed by atoms with Crippen molar-refractivity contribution < 1.29 is 27.9 Å². The summed E-state index contributed by atoms with van der Waals surface area (Å²) in [6.07, 6.45) is 0. The molecule has 102 valence electrons. The van der Waals surface area contributed by atoms with E-state index in [9.17, 15) is 22.8 Å². The predicted octanol–water partition coefficient (Wildman–Crippen LogP) is -0.647. The molecule has 1 rings (SSSR count). The number of aromatic carboxylic acids is 1. The largest absolute Gasteiger partial charge is 0.478 e. The maximum atomic E-state index is 11.8. The van der Waals surface area contributed by atoms with Crippen molar-refractivity contribution in [2.45, 2.75) is 4.90 Å². The third-order valence-electron chi connectivity index (χ3n) is 2.02. The fraction of sp³-hybridized carbons (Fsp3) is 0.100. The number of sulfone groups is 1. The molecular formula is C10H10N2O6S. The van der Waals surface area contributed by atoms with Gasteiger partial charge in [-0.05, 0) is 18.2 Å². The number of rotatable bonds is 4. The number of nitrogens with one attached hydrogen (secondary N) is 1. The summed E-state index contributed by atoms with van der Waals surface area (Å²) in [5.74, 6) is -3.38. The average molecular weight is 286 g/mol. The van der Waals surface area contributed by atoms with Crippen LogP contribution in [0.3, 0.4) is 0 Å². The van der Waals surface area contributed by atoms with Crippen LogP contribution >= 0.6 is 0 Å². The maximum absolute atomic E-state index is 11.8. The number of imide groups is 1. The van der Waals surface area contributed by atoms with Gasteiger partial charge in [-0.15, -0.1) is 0 Å². The zero-order valence-corrected chi connectivity index (χ0v) is 10.3. The van der Waals surface area contributed by atoms with E-state index >= 15 is 0 Å². The molecule has 0 aliphatic rings. The van der Waals surface area contributed by atoms with Gasteiger partial charge in [-0.2, -0.15) is 0 Å². The summed E-state index contributed by atoms with van der Waals surface area (Å²) in [4.78, 5) is 31.9. The van der Waals surface area contributed by atoms with Crippen molar-refractivity contribution in [2.24, 2.45) is 5.73 Å². The highest BCUT2D eigenvalue weighted by molar-refractivity contribution is 7.92. The second-order valence-electron chi connectivity index (χ2n) is 3.50. The molecule has 4 N–H and O–H groups in total. The lowest BCUT2D eigenvalue weighted by Crippen LogP contribution is -2.38. The third kappa shape index (κ3) is 4.07. The van der Waals surface area contributed by atoms with Gasteiger partial charge < -0.3 is 10.8 Å². The molecule has 0 unspecified atom stereocenters. The van der Waals surface area contributed by atoms with Crippen LogP contribution in [0.15, 0.2) is 29.2 Å². The Kier molecular flexibility index (Phi) is 4.22. The second-order valence-corrected chi connectivity index (χ2v) is 5.49. The van der Waals surface area contributed by atoms with Gasteiger partial charge in [0.2, 0.25) is 5.91 Å². The van der Waals surface area contributed by atoms with Gasteiger partial charge in [0.1, 0.15) is 5.75 Å². The number of hydrogen-bond acceptors (Lipinski definition) is 5. The fourth-order valence-corrected chi connectivity index (χ4v) is 2.43. The first-order chi connectivity index (χ1) is 8.72. The van der Waals surface area contributed by atoms with Crippen LogP contribution in [-0.4, -0.2) is 37.2 Å². The summed E-state index contributed by atoms with van der Waals surface area (Å²) < 4.78 is 23.6. The summed E-state index contributed by atoms with van der Waals surface area (Å²) in [5, 5.41) is 10.4. The van der Waals surface area contributed by atoms with Gasteiger partial charge >= 0.3 is 12.0 Å². The number of urea groups is 1. The van der Waals surface area contributed by atoms with Crippen molar-refractivity contribution in [3.63, 3.8) is 0 Å². The number of carboxylic acids is 1. The Balaban J connectivity index is 3.00. The molecule has 0 heterocycles. The number of primary amides is 1. The molecule has 9 heteroatoms. The van der Waals surface area contributed by atoms with Crippen LogP contribution < -0.4 is 11.1 Å². The minimum atomic E-state index is -4.04. The Morgan fingerprint density at radius 3 is 2.42 bits per heavy atom. The molecule has 19 heavy (non-hydrogen) atoms. The average Bonchev–Trinajstić information content (AvgIpc) is 2.27. The third-order valence-corrected chi connectivity index (χ3v) is 3.64. The standard InChI is InChI=1S/C10H10N2O6S/c11-10(16)12-8(13)5-19(17,18)7-3-1-2-6(4-7)9(14)15/h1-4H,5H2,(H,14,15)(H3,11,12,13,16). The van der Waals surface area contributed by atoms with Gasteiger partial charge in [-0.3, -0.25) is 10.1 Å². The van der Waals surface area contributed by atoms with Crippen LogP contribution in [0, 0.1) is 0 Å². The quantitative estimate of drug-likeness (QED) is 0.671. The van der Waals surface area contributed by atoms with Gasteiger partial charge in [0.05, 0.1) is 10.5 Å². The monoisotopic (exact) mass is 286 g/mol. The van der Waals surface area contributed by atoms with E-state index in [2.05, 4.69) is 5.73 Å². The van der Waals surface area contributed by atoms with Gasteiger partial charge in [-0.25, -0.2) is 18.0 Å². The molecule has 0 spiro atoms. The smallest absolute Gasteiger partial charge is 0.335 e. The van der Waals surface area contributed by atoms with Crippen molar-refractivity contribution in [3.05, 3.63) is 29.8 Å². The van der Waals surface area contributed by atoms with E-state index < -0.39 is 33.5 Å². The van der Waals surface area contributed by atoms with E-state index in [1.165, 1.54) is 12.1 Å². The van der Waals surface area contributed by atoms with Crippen molar-refractivity contribution in [3.8, 4) is 0 Å². The van der Waals surface area contributed by atoms with Crippen molar-refractivity contribution >= 4 is 27.7 Å². The Morgan fingerprint density at radius 1 is 1.26 bits per heavy atom. The highest BCUT2D eigenvalue weighted by Crippen LogP contribution is 2.13. The molecule has 8 nitrogen and oxygen atoms in total. The molecule has 3 amide bonds. The van der Waals surface area contributed by atoms with Gasteiger partial charge in [0.15, 0.2) is 9.84 Å². The molecule has 0 aliphatic heterocycles. The van der Waals surface area contributed by atoms with Crippen LogP contribution in [0.5, 0.6) is 0 Å². The first kappa shape index (κ1) is 14.6. The van der Waals surface area contributed by atoms with Crippen molar-refractivity contribution in [1.82, 2.24) is 5.32 Å². The van der Waals surface area contributed by atoms with E-state index in [1.54, 1.807) is 5.32 Å². The van der Waals surface area contributed by atoms with Crippen molar-refractivity contribution in [1.29, 1.82) is 0 Å². The minimum Gasteiger partial charge on any atom is -0.478 e. The van der Waals surface area contributed by atoms with E-state index in [0.29, 0.717) is 0 Å². The number of carboxylic acid groups (broad SMARTS) is 1. The molecule has 0 atom stereocenters. The van der Waals surface area contributed by atoms with E-state index in [0.717, 1.165) is 12.1 Å². The molecule has 0 aromatic heterocycles. The molecule has 0 aliphatic carbocycles. The lowest BCUT2D eigenvalue weighted by Gasteiger charge is -2.04. The highest BCUT2D eigenvalue weighted by Gasteiger charge is 2.21. The Morgan fingerprint density at radius 2 is 1.89 bits per heavy atom. The maximum Gasteiger partial charge on any atom is 0.335 e. The lowest BCUT2D eigenvalue weighted by molar-refractivity contribution is -0.117. The molecule has 1 aromatic carbocycles. The van der Waals surface area contributed by atoms with Crippen LogP contribution in [0.25, 0.3) is 0 Å². The van der Waals surface area contributed by atoms with Crippen LogP contribution in [0.4, 0.5) is 4.79 Å². The van der Waals surface area contributed by atoms with Crippen LogP contribution in [0.1, 0.15) is 10.4 Å². The fourth-order valence-electron chi connectivity index (χ4n) is 1.25. The van der Waals surface area contributed by atoms with Crippen LogP contribution in [0.2, 0.25) is 0 Å². The summed E-state index contributed by atoms with van der Waals surface area (Å²) in [6, 6.07) is 3.36. The van der Waals surface area contributed by atoms with Gasteiger partial charge in [0.25, 0.3) is 0 Å². The Labute approximate surface area is 108 Å². The van der Waals surface area contributed by atoms with Crippen molar-refractivity contribution in [2.75, 3.05) is 5.75 Å². The number of carbonyl (C=O) groups excluding carboxylic acids is 2. The highest BCUT2D eigenvalue weighted by atomic mass is 32.2. The lowest BCUT2D eigenvalue weighted by atomic mass is 10.2. The molecule has 0 saturated heterocycles. The molecule has 0 radical (unpaired) electrons. The summed E-state index contributed by atoms with van der Waals surface area (Å²) in [7, 11) is -4.04. The summed E-state index contributed by atoms with van der Waals surface area (Å²) in [6.45, 7) is 0. The zero-order chi connectivity index (χ0) is 14.6. The number of benzene rings is 1. The number of carbonyl (C=O) groups is 3. The number of amides is 3. The molecule has 0 saturated carbocycles. The van der Waals surface area contributed by atoms with E-state index in [4.69, 9.17) is 5.11 Å². The SMILES string of the molecule is NC(=O)NC(=O)CS(=O)(=O)c1cccc(C(=O)O)c1. The summed E-state index contributed by atoms with van der Waals surface area (Å²) >= 11 is 0. The molecule has 0 fully saturated rings. The number of nitrogens with two attached hydrogens (primary N) is 1. The summed E-state index contributed by atoms with van der Waals surface area (Å²) in [5.41, 5.74) is 4.45. The minimum absolute atomic E-state index is 0.226. The Bertz CT molecular complexity index is 637. The molecular weight excluding hydrogens is 276 g/mol. The molecule has 0 bridgehead atoms. The predicted molar refractivity (Wildman–Crippen MR) is 63.2 cm³/mol. The number of hydrogen-bond donors (Lipinski definition) is 3. The van der Waals surface area contributed by atoms with Crippen LogP contribution in [-0.2, 0) is 14.6 Å². The van der Waals surface area contributed by atoms with E-state index in [1.807, 2.05) is 0 Å². The second kappa shape index (κ2) is 5.48. The van der Waals surface area contributed by atoms with E-state index in [-0.39, 0.29) is 10.5 Å². The topological polar surface area (TPSA) is 144 Å². The van der Waals surface area contributed by atoms with Gasteiger partial charge in [0, 0.05) is 0 Å². The molecule has 1 aromatic rings.